The predicted octanol–water partition coefficient (Wildman–Crippen LogP) is 2.03. The van der Waals surface area contributed by atoms with E-state index in [1.54, 1.807) is 0 Å². The molecule has 0 bridgehead atoms. The van der Waals surface area contributed by atoms with Gasteiger partial charge < -0.3 is 9.64 Å². The van der Waals surface area contributed by atoms with Crippen LogP contribution >= 0.6 is 0 Å². The van der Waals surface area contributed by atoms with Gasteiger partial charge in [0.1, 0.15) is 6.10 Å². The van der Waals surface area contributed by atoms with Crippen molar-refractivity contribution in [2.75, 3.05) is 13.1 Å². The molecule has 24 heavy (non-hydrogen) atoms. The lowest BCUT2D eigenvalue weighted by Crippen LogP contribution is -2.46. The number of carbonyl (C=O) groups is 1. The van der Waals surface area contributed by atoms with E-state index in [4.69, 9.17) is 4.74 Å². The number of ether oxygens (including phenoxy) is 1. The number of aromatic nitrogens is 4. The van der Waals surface area contributed by atoms with Crippen LogP contribution in [0.1, 0.15) is 70.0 Å². The van der Waals surface area contributed by atoms with Crippen LogP contribution < -0.4 is 0 Å². The molecule has 7 heteroatoms. The van der Waals surface area contributed by atoms with Crippen LogP contribution in [0, 0.1) is 5.41 Å². The van der Waals surface area contributed by atoms with Crippen molar-refractivity contribution in [1.29, 1.82) is 0 Å². The molecule has 2 aliphatic carbocycles. The standard InChI is InChI=1S/C17H27N5O2/c1-2-14(24-12-5-3-4-6-12)16(23)22-9-7-17(8-10-22)11-13(17)15-18-20-21-19-15/h12-14H,2-11H2,1H3,(H,18,19,20,21). The van der Waals surface area contributed by atoms with E-state index in [9.17, 15) is 4.79 Å². The third-order valence-corrected chi connectivity index (χ3v) is 6.24. The Morgan fingerprint density at radius 2 is 2.12 bits per heavy atom. The van der Waals surface area contributed by atoms with Gasteiger partial charge in [0.25, 0.3) is 5.91 Å². The highest BCUT2D eigenvalue weighted by Gasteiger charge is 2.57. The van der Waals surface area contributed by atoms with Crippen molar-refractivity contribution >= 4 is 5.91 Å². The highest BCUT2D eigenvalue weighted by molar-refractivity contribution is 5.81. The third-order valence-electron chi connectivity index (χ3n) is 6.24. The first kappa shape index (κ1) is 16.0. The van der Waals surface area contributed by atoms with E-state index in [-0.39, 0.29) is 12.0 Å². The third kappa shape index (κ3) is 2.94. The summed E-state index contributed by atoms with van der Waals surface area (Å²) < 4.78 is 6.10. The minimum absolute atomic E-state index is 0.191. The summed E-state index contributed by atoms with van der Waals surface area (Å²) in [5, 5.41) is 14.5. The molecule has 2 heterocycles. The lowest BCUT2D eigenvalue weighted by molar-refractivity contribution is -0.149. The number of hydrogen-bond acceptors (Lipinski definition) is 5. The maximum absolute atomic E-state index is 12.8. The molecule has 0 radical (unpaired) electrons. The van der Waals surface area contributed by atoms with Gasteiger partial charge in [-0.25, -0.2) is 0 Å². The van der Waals surface area contributed by atoms with Crippen molar-refractivity contribution in [3.63, 3.8) is 0 Å². The molecule has 1 spiro atoms. The molecule has 1 N–H and O–H groups in total. The molecule has 132 valence electrons. The largest absolute Gasteiger partial charge is 0.365 e. The zero-order valence-electron chi connectivity index (χ0n) is 14.4. The molecule has 0 aromatic carbocycles. The van der Waals surface area contributed by atoms with Crippen LogP contribution in [0.4, 0.5) is 0 Å². The fourth-order valence-electron chi connectivity index (χ4n) is 4.54. The van der Waals surface area contributed by atoms with E-state index in [0.717, 1.165) is 57.4 Å². The van der Waals surface area contributed by atoms with Crippen LogP contribution in [-0.2, 0) is 9.53 Å². The summed E-state index contributed by atoms with van der Waals surface area (Å²) in [6.45, 7) is 3.71. The van der Waals surface area contributed by atoms with Crippen LogP contribution in [0.15, 0.2) is 0 Å². The van der Waals surface area contributed by atoms with Gasteiger partial charge in [-0.05, 0) is 43.9 Å². The van der Waals surface area contributed by atoms with Gasteiger partial charge in [0.15, 0.2) is 5.82 Å². The van der Waals surface area contributed by atoms with E-state index in [0.29, 0.717) is 17.4 Å². The van der Waals surface area contributed by atoms with Gasteiger partial charge in [-0.3, -0.25) is 4.79 Å². The average molecular weight is 333 g/mol. The van der Waals surface area contributed by atoms with Gasteiger partial charge >= 0.3 is 0 Å². The molecular formula is C17H27N5O2. The molecule has 2 unspecified atom stereocenters. The molecule has 1 saturated heterocycles. The van der Waals surface area contributed by atoms with Crippen LogP contribution in [0.2, 0.25) is 0 Å². The van der Waals surface area contributed by atoms with Crippen molar-refractivity contribution < 1.29 is 9.53 Å². The van der Waals surface area contributed by atoms with Crippen molar-refractivity contribution in [1.82, 2.24) is 25.5 Å². The molecule has 1 aliphatic heterocycles. The zero-order valence-corrected chi connectivity index (χ0v) is 14.4. The average Bonchev–Trinajstić information content (AvgIpc) is 3.06. The summed E-state index contributed by atoms with van der Waals surface area (Å²) in [6.07, 6.45) is 8.70. The Balaban J connectivity index is 1.31. The number of piperidine rings is 1. The predicted molar refractivity (Wildman–Crippen MR) is 87.2 cm³/mol. The summed E-state index contributed by atoms with van der Waals surface area (Å²) in [5.41, 5.74) is 0.300. The highest BCUT2D eigenvalue weighted by atomic mass is 16.5. The fraction of sp³-hybridized carbons (Fsp3) is 0.882. The summed E-state index contributed by atoms with van der Waals surface area (Å²) in [4.78, 5) is 14.8. The van der Waals surface area contributed by atoms with Gasteiger partial charge in [-0.1, -0.05) is 25.0 Å². The lowest BCUT2D eigenvalue weighted by Gasteiger charge is -2.35. The van der Waals surface area contributed by atoms with E-state index in [1.165, 1.54) is 12.8 Å². The second kappa shape index (κ2) is 6.43. The molecule has 2 saturated carbocycles. The second-order valence-electron chi connectivity index (χ2n) is 7.65. The molecular weight excluding hydrogens is 306 g/mol. The number of H-pyrrole nitrogens is 1. The van der Waals surface area contributed by atoms with Crippen LogP contribution in [0.3, 0.4) is 0 Å². The Labute approximate surface area is 142 Å². The first-order valence-electron chi connectivity index (χ1n) is 9.39. The first-order valence-corrected chi connectivity index (χ1v) is 9.39. The minimum Gasteiger partial charge on any atom is -0.365 e. The minimum atomic E-state index is -0.255. The SMILES string of the molecule is CCC(OC1CCCC1)C(=O)N1CCC2(CC1)CC2c1nn[nH]n1. The number of nitrogens with one attached hydrogen (secondary N) is 1. The number of amides is 1. The Morgan fingerprint density at radius 3 is 2.75 bits per heavy atom. The maximum Gasteiger partial charge on any atom is 0.251 e. The summed E-state index contributed by atoms with van der Waals surface area (Å²) in [7, 11) is 0. The topological polar surface area (TPSA) is 84.0 Å². The summed E-state index contributed by atoms with van der Waals surface area (Å²) in [5.74, 6) is 1.45. The number of hydrogen-bond donors (Lipinski definition) is 1. The number of aromatic amines is 1. The van der Waals surface area contributed by atoms with Crippen LogP contribution in [-0.4, -0.2) is 56.7 Å². The monoisotopic (exact) mass is 333 g/mol. The Bertz CT molecular complexity index is 562. The number of nitrogens with zero attached hydrogens (tertiary/aromatic N) is 4. The smallest absolute Gasteiger partial charge is 0.251 e. The molecule has 1 aromatic rings. The fourth-order valence-corrected chi connectivity index (χ4v) is 4.54. The van der Waals surface area contributed by atoms with Crippen molar-refractivity contribution in [2.24, 2.45) is 5.41 Å². The van der Waals surface area contributed by atoms with Gasteiger partial charge in [-0.15, -0.1) is 10.2 Å². The van der Waals surface area contributed by atoms with E-state index in [2.05, 4.69) is 27.5 Å². The zero-order chi connectivity index (χ0) is 16.6. The van der Waals surface area contributed by atoms with Crippen molar-refractivity contribution in [3.05, 3.63) is 5.82 Å². The Hall–Kier alpha value is -1.50. The maximum atomic E-state index is 12.8. The second-order valence-corrected chi connectivity index (χ2v) is 7.65. The van der Waals surface area contributed by atoms with E-state index in [1.807, 2.05) is 4.90 Å². The number of carbonyl (C=O) groups excluding carboxylic acids is 1. The molecule has 2 atom stereocenters. The molecule has 7 nitrogen and oxygen atoms in total. The quantitative estimate of drug-likeness (QED) is 0.891. The molecule has 3 fully saturated rings. The number of likely N-dealkylation sites (tertiary alicyclic amines) is 1. The van der Waals surface area contributed by atoms with E-state index >= 15 is 0 Å². The van der Waals surface area contributed by atoms with Gasteiger partial charge in [0.05, 0.1) is 6.10 Å². The van der Waals surface area contributed by atoms with Gasteiger partial charge in [0, 0.05) is 19.0 Å². The van der Waals surface area contributed by atoms with Gasteiger partial charge in [0.2, 0.25) is 0 Å². The van der Waals surface area contributed by atoms with E-state index < -0.39 is 0 Å². The normalized spacial score (nSPS) is 27.5. The highest BCUT2D eigenvalue weighted by Crippen LogP contribution is 2.64. The lowest BCUT2D eigenvalue weighted by atomic mass is 9.90. The summed E-state index contributed by atoms with van der Waals surface area (Å²) in [6, 6.07) is 0. The number of tetrazole rings is 1. The molecule has 3 aliphatic rings. The Kier molecular flexibility index (Phi) is 4.28. The molecule has 1 amide bonds. The van der Waals surface area contributed by atoms with Gasteiger partial charge in [-0.2, -0.15) is 5.21 Å². The van der Waals surface area contributed by atoms with Crippen LogP contribution in [0.5, 0.6) is 0 Å². The Morgan fingerprint density at radius 1 is 1.38 bits per heavy atom. The van der Waals surface area contributed by atoms with Crippen molar-refractivity contribution in [3.8, 4) is 0 Å². The van der Waals surface area contributed by atoms with Crippen molar-refractivity contribution in [2.45, 2.75) is 76.4 Å². The van der Waals surface area contributed by atoms with Crippen LogP contribution in [0.25, 0.3) is 0 Å². The molecule has 1 aromatic heterocycles. The first-order chi connectivity index (χ1) is 11.7. The number of rotatable bonds is 5. The molecule has 4 rings (SSSR count). The summed E-state index contributed by atoms with van der Waals surface area (Å²) >= 11 is 0.